The van der Waals surface area contributed by atoms with Gasteiger partial charge in [0.15, 0.2) is 17.5 Å². The van der Waals surface area contributed by atoms with Gasteiger partial charge >= 0.3 is 0 Å². The fraction of sp³-hybridized carbons (Fsp3) is 0. The molecule has 0 spiro atoms. The van der Waals surface area contributed by atoms with Crippen molar-refractivity contribution in [2.75, 3.05) is 0 Å². The first-order chi connectivity index (χ1) is 26.3. The second-order valence-electron chi connectivity index (χ2n) is 13.4. The normalized spacial score (nSPS) is 11.8. The monoisotopic (exact) mass is 692 g/mol. The van der Waals surface area contributed by atoms with Crippen molar-refractivity contribution in [3.8, 4) is 45.4 Å². The van der Waals surface area contributed by atoms with Gasteiger partial charge in [-0.3, -0.25) is 0 Å². The Labute approximate surface area is 308 Å². The molecule has 0 fully saturated rings. The summed E-state index contributed by atoms with van der Waals surface area (Å²) in [6.07, 6.45) is 0. The van der Waals surface area contributed by atoms with Gasteiger partial charge < -0.3 is 0 Å². The van der Waals surface area contributed by atoms with Gasteiger partial charge in [0.1, 0.15) is 0 Å². The predicted octanol–water partition coefficient (Wildman–Crippen LogP) is 12.9. The summed E-state index contributed by atoms with van der Waals surface area (Å²) in [7, 11) is 0. The Balaban J connectivity index is 1.10. The lowest BCUT2D eigenvalue weighted by molar-refractivity contribution is 1.08. The fourth-order valence-electron chi connectivity index (χ4n) is 7.80. The van der Waals surface area contributed by atoms with E-state index in [0.717, 1.165) is 60.4 Å². The molecule has 5 heteroatoms. The van der Waals surface area contributed by atoms with Crippen LogP contribution in [0.25, 0.3) is 109 Å². The molecule has 53 heavy (non-hydrogen) atoms. The average Bonchev–Trinajstić information content (AvgIpc) is 3.62. The number of rotatable bonds is 4. The molecule has 11 aromatic rings. The van der Waals surface area contributed by atoms with Gasteiger partial charge in [-0.15, -0.1) is 11.3 Å². The molecule has 3 heterocycles. The largest absolute Gasteiger partial charge is 0.247 e. The highest BCUT2D eigenvalue weighted by atomic mass is 32.1. The lowest BCUT2D eigenvalue weighted by Crippen LogP contribution is -2.01. The van der Waals surface area contributed by atoms with E-state index in [4.69, 9.17) is 19.9 Å². The Morgan fingerprint density at radius 1 is 0.340 bits per heavy atom. The molecular weight excluding hydrogens is 665 g/mol. The van der Waals surface area contributed by atoms with Crippen LogP contribution in [0.2, 0.25) is 0 Å². The quantitative estimate of drug-likeness (QED) is 0.172. The SMILES string of the molecule is c1ccc2c(-c3nc(-c4ccc(-c5nc6ccccc6c6c5ccc5c7ccccc7sc56)cc4)nc(-c4cccc5ccccc45)n3)cccc2c1. The van der Waals surface area contributed by atoms with E-state index in [0.29, 0.717) is 17.5 Å². The first-order valence-corrected chi connectivity index (χ1v) is 18.5. The minimum absolute atomic E-state index is 0.626. The number of fused-ring (bicyclic) bond motifs is 9. The summed E-state index contributed by atoms with van der Waals surface area (Å²) in [5.74, 6) is 1.92. The van der Waals surface area contributed by atoms with Crippen molar-refractivity contribution in [3.05, 3.63) is 170 Å². The molecule has 8 aromatic carbocycles. The molecule has 0 amide bonds. The number of para-hydroxylation sites is 1. The van der Waals surface area contributed by atoms with Crippen LogP contribution in [0, 0.1) is 0 Å². The lowest BCUT2D eigenvalue weighted by Gasteiger charge is -2.13. The maximum atomic E-state index is 5.27. The van der Waals surface area contributed by atoms with E-state index < -0.39 is 0 Å². The van der Waals surface area contributed by atoms with E-state index in [1.54, 1.807) is 0 Å². The van der Waals surface area contributed by atoms with Crippen molar-refractivity contribution >= 4 is 74.7 Å². The van der Waals surface area contributed by atoms with Gasteiger partial charge in [0.05, 0.1) is 11.2 Å². The fourth-order valence-corrected chi connectivity index (χ4v) is 9.07. The van der Waals surface area contributed by atoms with Crippen LogP contribution < -0.4 is 0 Å². The van der Waals surface area contributed by atoms with Crippen molar-refractivity contribution in [1.29, 1.82) is 0 Å². The molecule has 0 bridgehead atoms. The molecule has 0 radical (unpaired) electrons. The zero-order valence-corrected chi connectivity index (χ0v) is 29.2. The molecule has 0 aliphatic rings. The van der Waals surface area contributed by atoms with Gasteiger partial charge in [0.2, 0.25) is 0 Å². The van der Waals surface area contributed by atoms with Crippen molar-refractivity contribution in [1.82, 2.24) is 19.9 Å². The van der Waals surface area contributed by atoms with E-state index in [1.165, 1.54) is 30.9 Å². The van der Waals surface area contributed by atoms with Crippen LogP contribution in [0.3, 0.4) is 0 Å². The van der Waals surface area contributed by atoms with Crippen LogP contribution in [0.4, 0.5) is 0 Å². The Morgan fingerprint density at radius 2 is 0.868 bits per heavy atom. The third-order valence-corrected chi connectivity index (χ3v) is 11.5. The molecular formula is C48H28N4S. The molecule has 3 aromatic heterocycles. The van der Waals surface area contributed by atoms with Crippen LogP contribution >= 0.6 is 11.3 Å². The smallest absolute Gasteiger partial charge is 0.164 e. The first-order valence-electron chi connectivity index (χ1n) is 17.7. The highest BCUT2D eigenvalue weighted by molar-refractivity contribution is 7.26. The number of thiophene rings is 1. The van der Waals surface area contributed by atoms with Gasteiger partial charge in [-0.2, -0.15) is 0 Å². The Bertz CT molecular complexity index is 3130. The summed E-state index contributed by atoms with van der Waals surface area (Å²) in [6, 6.07) is 59.6. The zero-order valence-electron chi connectivity index (χ0n) is 28.4. The van der Waals surface area contributed by atoms with E-state index in [9.17, 15) is 0 Å². The zero-order chi connectivity index (χ0) is 34.9. The third kappa shape index (κ3) is 4.82. The Morgan fingerprint density at radius 3 is 1.57 bits per heavy atom. The minimum Gasteiger partial charge on any atom is -0.247 e. The molecule has 0 aliphatic heterocycles. The molecule has 0 atom stereocenters. The second kappa shape index (κ2) is 11.9. The summed E-state index contributed by atoms with van der Waals surface area (Å²) in [5, 5.41) is 10.7. The van der Waals surface area contributed by atoms with E-state index >= 15 is 0 Å². The minimum atomic E-state index is 0.626. The van der Waals surface area contributed by atoms with E-state index in [1.807, 2.05) is 11.3 Å². The van der Waals surface area contributed by atoms with Crippen molar-refractivity contribution < 1.29 is 0 Å². The highest BCUT2D eigenvalue weighted by Crippen LogP contribution is 2.43. The van der Waals surface area contributed by atoms with Crippen LogP contribution in [-0.2, 0) is 0 Å². The van der Waals surface area contributed by atoms with Crippen molar-refractivity contribution in [2.45, 2.75) is 0 Å². The van der Waals surface area contributed by atoms with Crippen LogP contribution in [0.5, 0.6) is 0 Å². The van der Waals surface area contributed by atoms with Gasteiger partial charge in [-0.1, -0.05) is 158 Å². The number of pyridine rings is 1. The maximum absolute atomic E-state index is 5.27. The molecule has 0 saturated carbocycles. The molecule has 4 nitrogen and oxygen atoms in total. The van der Waals surface area contributed by atoms with Gasteiger partial charge in [-0.25, -0.2) is 19.9 Å². The highest BCUT2D eigenvalue weighted by Gasteiger charge is 2.18. The molecule has 0 N–H and O–H groups in total. The van der Waals surface area contributed by atoms with Crippen LogP contribution in [0.15, 0.2) is 170 Å². The van der Waals surface area contributed by atoms with Gasteiger partial charge in [0, 0.05) is 58.6 Å². The summed E-state index contributed by atoms with van der Waals surface area (Å²) in [6.45, 7) is 0. The first kappa shape index (κ1) is 29.9. The summed E-state index contributed by atoms with van der Waals surface area (Å²) < 4.78 is 2.59. The van der Waals surface area contributed by atoms with E-state index in [2.05, 4.69) is 170 Å². The lowest BCUT2D eigenvalue weighted by atomic mass is 9.97. The predicted molar refractivity (Wildman–Crippen MR) is 222 cm³/mol. The van der Waals surface area contributed by atoms with Crippen LogP contribution in [-0.4, -0.2) is 19.9 Å². The molecule has 0 saturated heterocycles. The van der Waals surface area contributed by atoms with Gasteiger partial charge in [-0.05, 0) is 33.7 Å². The molecule has 0 aliphatic carbocycles. The second-order valence-corrected chi connectivity index (χ2v) is 14.4. The number of hydrogen-bond donors (Lipinski definition) is 0. The van der Waals surface area contributed by atoms with Crippen LogP contribution in [0.1, 0.15) is 0 Å². The maximum Gasteiger partial charge on any atom is 0.164 e. The Hall–Kier alpha value is -6.82. The standard InChI is InChI=1S/C48H28N4S/c1-3-15-33-29(11-1)13-9-19-37(33)47-50-46(51-48(52-47)38-20-10-14-30-12-2-4-16-34(30)38)32-25-23-31(24-26-32)44-40-28-27-36-35-17-6-8-22-42(35)53-45(36)43(40)39-18-5-7-21-41(39)49-44/h1-28H. The molecule has 246 valence electrons. The summed E-state index contributed by atoms with van der Waals surface area (Å²) in [4.78, 5) is 20.7. The molecule has 11 rings (SSSR count). The Kier molecular flexibility index (Phi) is 6.69. The number of benzene rings is 8. The number of nitrogens with zero attached hydrogens (tertiary/aromatic N) is 4. The summed E-state index contributed by atoms with van der Waals surface area (Å²) in [5.41, 5.74) is 5.86. The average molecular weight is 693 g/mol. The number of hydrogen-bond acceptors (Lipinski definition) is 5. The number of aromatic nitrogens is 4. The molecule has 0 unspecified atom stereocenters. The topological polar surface area (TPSA) is 51.6 Å². The van der Waals surface area contributed by atoms with Crippen molar-refractivity contribution in [3.63, 3.8) is 0 Å². The third-order valence-electron chi connectivity index (χ3n) is 10.3. The van der Waals surface area contributed by atoms with Gasteiger partial charge in [0.25, 0.3) is 0 Å². The van der Waals surface area contributed by atoms with Crippen molar-refractivity contribution in [2.24, 2.45) is 0 Å². The summed E-state index contributed by atoms with van der Waals surface area (Å²) >= 11 is 1.86. The van der Waals surface area contributed by atoms with E-state index in [-0.39, 0.29) is 0 Å².